The van der Waals surface area contributed by atoms with E-state index in [-0.39, 0.29) is 23.8 Å². The van der Waals surface area contributed by atoms with Gasteiger partial charge in [0.2, 0.25) is 5.91 Å². The monoisotopic (exact) mass is 367 g/mol. The van der Waals surface area contributed by atoms with E-state index < -0.39 is 0 Å². The first-order chi connectivity index (χ1) is 12.5. The van der Waals surface area contributed by atoms with Crippen molar-refractivity contribution >= 4 is 11.7 Å². The van der Waals surface area contributed by atoms with Crippen molar-refractivity contribution in [3.8, 4) is 0 Å². The van der Waals surface area contributed by atoms with E-state index >= 15 is 0 Å². The summed E-state index contributed by atoms with van der Waals surface area (Å²) in [5.74, 6) is 1.96. The number of ketones is 1. The van der Waals surface area contributed by atoms with Crippen molar-refractivity contribution in [2.75, 3.05) is 26.4 Å². The Hall–Kier alpha value is -0.940. The van der Waals surface area contributed by atoms with Gasteiger partial charge in [0.05, 0.1) is 6.61 Å². The van der Waals surface area contributed by atoms with E-state index in [1.807, 2.05) is 20.8 Å². The van der Waals surface area contributed by atoms with E-state index in [4.69, 9.17) is 9.47 Å². The van der Waals surface area contributed by atoms with Gasteiger partial charge >= 0.3 is 0 Å². The molecule has 2 aliphatic rings. The van der Waals surface area contributed by atoms with E-state index in [1.165, 1.54) is 25.7 Å². The molecule has 2 rings (SSSR count). The Bertz CT molecular complexity index is 437. The first-order valence-electron chi connectivity index (χ1n) is 10.5. The summed E-state index contributed by atoms with van der Waals surface area (Å²) in [6, 6.07) is 0.177. The second-order valence-corrected chi connectivity index (χ2v) is 8.36. The second kappa shape index (κ2) is 11.0. The van der Waals surface area contributed by atoms with Crippen LogP contribution in [-0.2, 0) is 19.1 Å². The van der Waals surface area contributed by atoms with Gasteiger partial charge in [-0.1, -0.05) is 13.8 Å². The minimum absolute atomic E-state index is 0.0471. The molecule has 1 amide bonds. The lowest BCUT2D eigenvalue weighted by Crippen LogP contribution is -2.47. The highest BCUT2D eigenvalue weighted by molar-refractivity contribution is 5.84. The van der Waals surface area contributed by atoms with Crippen LogP contribution in [0.2, 0.25) is 0 Å². The van der Waals surface area contributed by atoms with Crippen LogP contribution in [0.25, 0.3) is 0 Å². The van der Waals surface area contributed by atoms with Gasteiger partial charge in [-0.2, -0.15) is 0 Å². The number of hydrogen-bond acceptors (Lipinski definition) is 4. The van der Waals surface area contributed by atoms with Gasteiger partial charge in [0.25, 0.3) is 0 Å². The third kappa shape index (κ3) is 6.99. The Morgan fingerprint density at radius 1 is 1.00 bits per heavy atom. The normalized spacial score (nSPS) is 28.6. The molecule has 0 unspecified atom stereocenters. The smallest absolute Gasteiger partial charge is 0.222 e. The molecule has 0 aromatic carbocycles. The van der Waals surface area contributed by atoms with Crippen molar-refractivity contribution in [2.24, 2.45) is 23.7 Å². The van der Waals surface area contributed by atoms with Gasteiger partial charge in [-0.25, -0.2) is 0 Å². The summed E-state index contributed by atoms with van der Waals surface area (Å²) < 4.78 is 11.3. The first-order valence-corrected chi connectivity index (χ1v) is 10.5. The van der Waals surface area contributed by atoms with E-state index in [2.05, 4.69) is 5.32 Å². The minimum Gasteiger partial charge on any atom is -0.381 e. The molecule has 0 aromatic rings. The van der Waals surface area contributed by atoms with Crippen molar-refractivity contribution in [2.45, 2.75) is 71.8 Å². The lowest BCUT2D eigenvalue weighted by Gasteiger charge is -2.35. The number of rotatable bonds is 11. The van der Waals surface area contributed by atoms with Crippen molar-refractivity contribution in [1.82, 2.24) is 5.32 Å². The van der Waals surface area contributed by atoms with Crippen LogP contribution >= 0.6 is 0 Å². The van der Waals surface area contributed by atoms with Crippen LogP contribution in [0.3, 0.4) is 0 Å². The Morgan fingerprint density at radius 3 is 2.12 bits per heavy atom. The second-order valence-electron chi connectivity index (χ2n) is 8.36. The van der Waals surface area contributed by atoms with Crippen LogP contribution in [-0.4, -0.2) is 44.2 Å². The molecule has 0 aliphatic heterocycles. The zero-order valence-corrected chi connectivity index (χ0v) is 16.8. The number of carbonyl (C=O) groups excluding carboxylic acids is 2. The van der Waals surface area contributed by atoms with E-state index in [1.54, 1.807) is 0 Å². The van der Waals surface area contributed by atoms with Crippen LogP contribution in [0.15, 0.2) is 0 Å². The van der Waals surface area contributed by atoms with E-state index in [0.717, 1.165) is 32.7 Å². The molecule has 2 aliphatic carbocycles. The highest BCUT2D eigenvalue weighted by atomic mass is 16.5. The molecule has 0 spiro atoms. The number of Topliss-reactive ketones (excluding diaryl/α,β-unsaturated/α-hetero) is 1. The van der Waals surface area contributed by atoms with Crippen LogP contribution in [0.5, 0.6) is 0 Å². The Morgan fingerprint density at radius 2 is 1.58 bits per heavy atom. The van der Waals surface area contributed by atoms with Crippen LogP contribution in [0, 0.1) is 23.7 Å². The van der Waals surface area contributed by atoms with Gasteiger partial charge in [-0.05, 0) is 57.3 Å². The molecular formula is C21H37NO4. The Kier molecular flexibility index (Phi) is 9.06. The van der Waals surface area contributed by atoms with E-state index in [9.17, 15) is 9.59 Å². The van der Waals surface area contributed by atoms with E-state index in [0.29, 0.717) is 30.6 Å². The highest BCUT2D eigenvalue weighted by Gasteiger charge is 2.35. The topological polar surface area (TPSA) is 64.6 Å². The molecule has 0 atom stereocenters. The maximum absolute atomic E-state index is 12.0. The fourth-order valence-corrected chi connectivity index (χ4v) is 4.00. The average Bonchev–Trinajstić information content (AvgIpc) is 2.60. The Labute approximate surface area is 158 Å². The van der Waals surface area contributed by atoms with Crippen molar-refractivity contribution in [3.05, 3.63) is 0 Å². The quantitative estimate of drug-likeness (QED) is 0.569. The maximum Gasteiger partial charge on any atom is 0.222 e. The summed E-state index contributed by atoms with van der Waals surface area (Å²) in [6.45, 7) is 8.89. The standard InChI is InChI=1S/C21H37NO4/c1-4-25-13-16-5-7-17(8-6-16)14-26-10-9-20(23)22-19-11-18(12-19)21(24)15(2)3/h15-19H,4-14H2,1-3H3,(H,22,23)/t16-,17+,18-,19-. The fourth-order valence-electron chi connectivity index (χ4n) is 4.00. The third-order valence-electron chi connectivity index (χ3n) is 5.83. The lowest BCUT2D eigenvalue weighted by molar-refractivity contribution is -0.131. The summed E-state index contributed by atoms with van der Waals surface area (Å²) in [4.78, 5) is 23.8. The predicted octanol–water partition coefficient (Wildman–Crippen LogP) is 3.36. The fraction of sp³-hybridized carbons (Fsp3) is 0.905. The zero-order valence-electron chi connectivity index (χ0n) is 16.8. The third-order valence-corrected chi connectivity index (χ3v) is 5.83. The molecule has 5 nitrogen and oxygen atoms in total. The molecule has 0 radical (unpaired) electrons. The minimum atomic E-state index is 0.0471. The van der Waals surface area contributed by atoms with Gasteiger partial charge in [0, 0.05) is 44.1 Å². The number of carbonyl (C=O) groups is 2. The van der Waals surface area contributed by atoms with Gasteiger partial charge in [-0.3, -0.25) is 9.59 Å². The molecule has 0 aromatic heterocycles. The van der Waals surface area contributed by atoms with Crippen molar-refractivity contribution in [1.29, 1.82) is 0 Å². The molecule has 5 heteroatoms. The Balaban J connectivity index is 1.47. The summed E-state index contributed by atoms with van der Waals surface area (Å²) in [6.07, 6.45) is 6.88. The summed E-state index contributed by atoms with van der Waals surface area (Å²) in [7, 11) is 0. The van der Waals surface area contributed by atoms with Gasteiger partial charge < -0.3 is 14.8 Å². The summed E-state index contributed by atoms with van der Waals surface area (Å²) in [5, 5.41) is 3.02. The molecule has 2 fully saturated rings. The molecule has 0 bridgehead atoms. The SMILES string of the molecule is CCOC[C@H]1CC[C@@H](COCCC(=O)N[C@H]2C[C@H](C(=O)C(C)C)C2)CC1. The first kappa shape index (κ1) is 21.4. The molecule has 1 N–H and O–H groups in total. The lowest BCUT2D eigenvalue weighted by atomic mass is 9.75. The van der Waals surface area contributed by atoms with Gasteiger partial charge in [-0.15, -0.1) is 0 Å². The van der Waals surface area contributed by atoms with Gasteiger partial charge in [0.1, 0.15) is 5.78 Å². The van der Waals surface area contributed by atoms with Gasteiger partial charge in [0.15, 0.2) is 0 Å². The molecular weight excluding hydrogens is 330 g/mol. The van der Waals surface area contributed by atoms with Crippen LogP contribution in [0.1, 0.15) is 65.7 Å². The molecule has 150 valence electrons. The number of nitrogens with one attached hydrogen (secondary N) is 1. The van der Waals surface area contributed by atoms with Crippen LogP contribution < -0.4 is 5.32 Å². The molecule has 0 saturated heterocycles. The molecule has 2 saturated carbocycles. The maximum atomic E-state index is 12.0. The number of hydrogen-bond donors (Lipinski definition) is 1. The highest BCUT2D eigenvalue weighted by Crippen LogP contribution is 2.31. The molecule has 26 heavy (non-hydrogen) atoms. The zero-order chi connectivity index (χ0) is 18.9. The van der Waals surface area contributed by atoms with Crippen molar-refractivity contribution < 1.29 is 19.1 Å². The average molecular weight is 368 g/mol. The van der Waals surface area contributed by atoms with Crippen LogP contribution in [0.4, 0.5) is 0 Å². The number of amides is 1. The molecule has 0 heterocycles. The van der Waals surface area contributed by atoms with Crippen molar-refractivity contribution in [3.63, 3.8) is 0 Å². The number of ether oxygens (including phenoxy) is 2. The summed E-state index contributed by atoms with van der Waals surface area (Å²) in [5.41, 5.74) is 0. The summed E-state index contributed by atoms with van der Waals surface area (Å²) >= 11 is 0. The predicted molar refractivity (Wildman–Crippen MR) is 102 cm³/mol. The largest absolute Gasteiger partial charge is 0.381 e.